The summed E-state index contributed by atoms with van der Waals surface area (Å²) < 4.78 is 5.61. The number of carbonyl (C=O) groups is 3. The Morgan fingerprint density at radius 1 is 0.941 bits per heavy atom. The molecule has 0 bridgehead atoms. The molecule has 3 aliphatic rings. The van der Waals surface area contributed by atoms with E-state index in [0.717, 1.165) is 24.0 Å². The third-order valence-electron chi connectivity index (χ3n) is 7.86. The highest BCUT2D eigenvalue weighted by Crippen LogP contribution is 2.45. The molecule has 2 saturated carbocycles. The maximum atomic E-state index is 13.0. The van der Waals surface area contributed by atoms with Gasteiger partial charge in [0.2, 0.25) is 5.91 Å². The van der Waals surface area contributed by atoms with Crippen LogP contribution >= 0.6 is 0 Å². The number of hydrogen-bond acceptors (Lipinski definition) is 4. The SMILES string of the molecule is O=C(NCC1(C(=O)NC2CCCC2C(=O)O)CCC1)OCC1c2ccccc2-c2ccccc21. The lowest BCUT2D eigenvalue weighted by molar-refractivity contribution is -0.143. The van der Waals surface area contributed by atoms with E-state index in [1.807, 2.05) is 24.3 Å². The molecule has 3 aliphatic carbocycles. The molecule has 2 aromatic rings. The Morgan fingerprint density at radius 3 is 2.18 bits per heavy atom. The van der Waals surface area contributed by atoms with Gasteiger partial charge in [-0.25, -0.2) is 4.79 Å². The van der Waals surface area contributed by atoms with Crippen LogP contribution in [0.1, 0.15) is 55.6 Å². The number of amides is 2. The van der Waals surface area contributed by atoms with Crippen molar-refractivity contribution in [3.05, 3.63) is 59.7 Å². The summed E-state index contributed by atoms with van der Waals surface area (Å²) in [4.78, 5) is 37.1. The molecule has 7 heteroatoms. The molecular weight excluding hydrogens is 432 g/mol. The van der Waals surface area contributed by atoms with Gasteiger partial charge in [0.05, 0.1) is 11.3 Å². The summed E-state index contributed by atoms with van der Waals surface area (Å²) in [5.74, 6) is -1.57. The molecule has 0 spiro atoms. The Kier molecular flexibility index (Phi) is 6.02. The quantitative estimate of drug-likeness (QED) is 0.576. The van der Waals surface area contributed by atoms with E-state index in [-0.39, 0.29) is 31.0 Å². The first-order valence-electron chi connectivity index (χ1n) is 12.1. The van der Waals surface area contributed by atoms with Crippen molar-refractivity contribution in [2.24, 2.45) is 11.3 Å². The minimum atomic E-state index is -0.859. The smallest absolute Gasteiger partial charge is 0.407 e. The van der Waals surface area contributed by atoms with Crippen LogP contribution < -0.4 is 10.6 Å². The van der Waals surface area contributed by atoms with Crippen molar-refractivity contribution in [2.75, 3.05) is 13.2 Å². The molecule has 34 heavy (non-hydrogen) atoms. The van der Waals surface area contributed by atoms with Crippen LogP contribution in [0.15, 0.2) is 48.5 Å². The molecule has 0 heterocycles. The lowest BCUT2D eigenvalue weighted by atomic mass is 9.67. The van der Waals surface area contributed by atoms with Gasteiger partial charge in [0, 0.05) is 18.5 Å². The van der Waals surface area contributed by atoms with Gasteiger partial charge in [0.25, 0.3) is 0 Å². The van der Waals surface area contributed by atoms with Crippen molar-refractivity contribution in [3.63, 3.8) is 0 Å². The standard InChI is InChI=1S/C27H30N2O5/c30-24(31)21-11-5-12-23(21)29-25(32)27(13-6-14-27)16-28-26(33)34-15-22-19-9-3-1-7-17(19)18-8-2-4-10-20(18)22/h1-4,7-10,21-23H,5-6,11-16H2,(H,28,33)(H,29,32)(H,30,31). The number of hydrogen-bond donors (Lipinski definition) is 3. The Morgan fingerprint density at radius 2 is 1.59 bits per heavy atom. The lowest BCUT2D eigenvalue weighted by Crippen LogP contribution is -2.55. The van der Waals surface area contributed by atoms with E-state index in [1.54, 1.807) is 0 Å². The first-order chi connectivity index (χ1) is 16.5. The van der Waals surface area contributed by atoms with E-state index in [9.17, 15) is 19.5 Å². The van der Waals surface area contributed by atoms with Gasteiger partial charge >= 0.3 is 12.1 Å². The van der Waals surface area contributed by atoms with Crippen LogP contribution in [0.3, 0.4) is 0 Å². The van der Waals surface area contributed by atoms with E-state index in [4.69, 9.17) is 4.74 Å². The second kappa shape index (κ2) is 9.12. The Labute approximate surface area is 198 Å². The maximum absolute atomic E-state index is 13.0. The molecule has 0 aromatic heterocycles. The summed E-state index contributed by atoms with van der Waals surface area (Å²) >= 11 is 0. The highest BCUT2D eigenvalue weighted by atomic mass is 16.5. The van der Waals surface area contributed by atoms with Crippen molar-refractivity contribution in [1.82, 2.24) is 10.6 Å². The molecule has 0 radical (unpaired) electrons. The zero-order chi connectivity index (χ0) is 23.7. The van der Waals surface area contributed by atoms with Crippen molar-refractivity contribution < 1.29 is 24.2 Å². The average Bonchev–Trinajstić information content (AvgIpc) is 3.39. The van der Waals surface area contributed by atoms with E-state index in [0.29, 0.717) is 25.7 Å². The van der Waals surface area contributed by atoms with Gasteiger partial charge in [-0.2, -0.15) is 0 Å². The number of carboxylic acids is 1. The highest BCUT2D eigenvalue weighted by Gasteiger charge is 2.46. The maximum Gasteiger partial charge on any atom is 0.407 e. The van der Waals surface area contributed by atoms with Gasteiger partial charge in [0.1, 0.15) is 6.61 Å². The number of nitrogens with one attached hydrogen (secondary N) is 2. The van der Waals surface area contributed by atoms with Crippen molar-refractivity contribution >= 4 is 18.0 Å². The van der Waals surface area contributed by atoms with Crippen molar-refractivity contribution in [1.29, 1.82) is 0 Å². The van der Waals surface area contributed by atoms with E-state index in [2.05, 4.69) is 34.9 Å². The summed E-state index contributed by atoms with van der Waals surface area (Å²) in [6.07, 6.45) is 3.79. The Hall–Kier alpha value is -3.35. The molecule has 0 aliphatic heterocycles. The van der Waals surface area contributed by atoms with Gasteiger partial charge in [0.15, 0.2) is 0 Å². The van der Waals surface area contributed by atoms with Crippen molar-refractivity contribution in [2.45, 2.75) is 50.5 Å². The number of benzene rings is 2. The second-order valence-electron chi connectivity index (χ2n) is 9.77. The first-order valence-corrected chi connectivity index (χ1v) is 12.1. The monoisotopic (exact) mass is 462 g/mol. The van der Waals surface area contributed by atoms with Gasteiger partial charge < -0.3 is 20.5 Å². The third-order valence-corrected chi connectivity index (χ3v) is 7.86. The largest absolute Gasteiger partial charge is 0.481 e. The predicted octanol–water partition coefficient (Wildman–Crippen LogP) is 4.06. The third kappa shape index (κ3) is 4.04. The molecule has 0 saturated heterocycles. The average molecular weight is 463 g/mol. The lowest BCUT2D eigenvalue weighted by Gasteiger charge is -2.41. The molecule has 2 atom stereocenters. The van der Waals surface area contributed by atoms with Gasteiger partial charge in [-0.1, -0.05) is 61.4 Å². The molecular formula is C27H30N2O5. The first kappa shape index (κ1) is 22.4. The van der Waals surface area contributed by atoms with Crippen LogP contribution in [0.4, 0.5) is 4.79 Å². The van der Waals surface area contributed by atoms with Gasteiger partial charge in [-0.3, -0.25) is 9.59 Å². The predicted molar refractivity (Wildman–Crippen MR) is 126 cm³/mol. The zero-order valence-corrected chi connectivity index (χ0v) is 19.1. The van der Waals surface area contributed by atoms with E-state index in [1.165, 1.54) is 11.1 Å². The number of rotatable bonds is 7. The van der Waals surface area contributed by atoms with Crippen LogP contribution in [-0.4, -0.2) is 42.3 Å². The second-order valence-corrected chi connectivity index (χ2v) is 9.77. The molecule has 7 nitrogen and oxygen atoms in total. The number of carbonyl (C=O) groups excluding carboxylic acids is 2. The number of fused-ring (bicyclic) bond motifs is 3. The summed E-state index contributed by atoms with van der Waals surface area (Å²) in [5.41, 5.74) is 3.95. The fourth-order valence-corrected chi connectivity index (χ4v) is 5.73. The number of carboxylic acid groups (broad SMARTS) is 1. The normalized spacial score (nSPS) is 22.2. The molecule has 2 fully saturated rings. The van der Waals surface area contributed by atoms with Crippen LogP contribution in [0.5, 0.6) is 0 Å². The molecule has 5 rings (SSSR count). The van der Waals surface area contributed by atoms with Gasteiger partial charge in [-0.05, 0) is 47.9 Å². The summed E-state index contributed by atoms with van der Waals surface area (Å²) in [7, 11) is 0. The van der Waals surface area contributed by atoms with Crippen molar-refractivity contribution in [3.8, 4) is 11.1 Å². The zero-order valence-electron chi connectivity index (χ0n) is 19.1. The number of alkyl carbamates (subject to hydrolysis) is 1. The van der Waals surface area contributed by atoms with E-state index < -0.39 is 23.4 Å². The molecule has 2 aromatic carbocycles. The van der Waals surface area contributed by atoms with E-state index >= 15 is 0 Å². The summed E-state index contributed by atoms with van der Waals surface area (Å²) in [6, 6.07) is 16.0. The van der Waals surface area contributed by atoms with Crippen LogP contribution in [0, 0.1) is 11.3 Å². The summed E-state index contributed by atoms with van der Waals surface area (Å²) in [6.45, 7) is 0.418. The fraction of sp³-hybridized carbons (Fsp3) is 0.444. The summed E-state index contributed by atoms with van der Waals surface area (Å²) in [5, 5.41) is 15.2. The Bertz CT molecular complexity index is 1060. The highest BCUT2D eigenvalue weighted by molar-refractivity contribution is 5.85. The molecule has 2 unspecified atom stereocenters. The van der Waals surface area contributed by atoms with Crippen LogP contribution in [-0.2, 0) is 14.3 Å². The van der Waals surface area contributed by atoms with Crippen LogP contribution in [0.25, 0.3) is 11.1 Å². The van der Waals surface area contributed by atoms with Gasteiger partial charge in [-0.15, -0.1) is 0 Å². The number of aliphatic carboxylic acids is 1. The molecule has 3 N–H and O–H groups in total. The fourth-order valence-electron chi connectivity index (χ4n) is 5.73. The topological polar surface area (TPSA) is 105 Å². The Balaban J connectivity index is 1.18. The minimum absolute atomic E-state index is 0.0190. The number of ether oxygens (including phenoxy) is 1. The minimum Gasteiger partial charge on any atom is -0.481 e. The molecule has 178 valence electrons. The molecule has 2 amide bonds. The van der Waals surface area contributed by atoms with Crippen LogP contribution in [0.2, 0.25) is 0 Å².